The minimum absolute atomic E-state index is 0.189. The Labute approximate surface area is 127 Å². The molecule has 0 aliphatic heterocycles. The van der Waals surface area contributed by atoms with Crippen LogP contribution in [0, 0.1) is 0 Å². The predicted octanol–water partition coefficient (Wildman–Crippen LogP) is 2.86. The van der Waals surface area contributed by atoms with E-state index in [9.17, 15) is 4.79 Å². The fourth-order valence-electron chi connectivity index (χ4n) is 1.67. The average Bonchev–Trinajstić information content (AvgIpc) is 3.01. The molecule has 0 radical (unpaired) electrons. The van der Waals surface area contributed by atoms with Crippen LogP contribution in [0.2, 0.25) is 0 Å². The van der Waals surface area contributed by atoms with E-state index in [1.165, 1.54) is 0 Å². The molecule has 2 aromatic rings. The maximum atomic E-state index is 11.8. The number of thiazole rings is 1. The highest BCUT2D eigenvalue weighted by Gasteiger charge is 2.10. The lowest BCUT2D eigenvalue weighted by Crippen LogP contribution is -2.31. The van der Waals surface area contributed by atoms with Crippen molar-refractivity contribution in [3.63, 3.8) is 0 Å². The first-order valence-corrected chi connectivity index (χ1v) is 7.60. The normalized spacial score (nSPS) is 11.7. The zero-order valence-electron chi connectivity index (χ0n) is 12.0. The van der Waals surface area contributed by atoms with Crippen LogP contribution in [0.25, 0.3) is 0 Å². The van der Waals surface area contributed by atoms with E-state index in [-0.39, 0.29) is 11.9 Å². The molecule has 6 nitrogen and oxygen atoms in total. The number of ether oxygens (including phenoxy) is 1. The van der Waals surface area contributed by atoms with E-state index in [1.807, 2.05) is 19.2 Å². The van der Waals surface area contributed by atoms with Crippen molar-refractivity contribution in [3.8, 4) is 5.88 Å². The summed E-state index contributed by atoms with van der Waals surface area (Å²) < 4.78 is 5.24. The number of hydrogen-bond acceptors (Lipinski definition) is 5. The van der Waals surface area contributed by atoms with E-state index in [1.54, 1.807) is 35.9 Å². The zero-order valence-corrected chi connectivity index (χ0v) is 12.8. The molecule has 2 heterocycles. The number of carbonyl (C=O) groups is 1. The molecule has 1 unspecified atom stereocenters. The van der Waals surface area contributed by atoms with Gasteiger partial charge >= 0.3 is 6.03 Å². The van der Waals surface area contributed by atoms with Crippen molar-refractivity contribution in [3.05, 3.63) is 34.9 Å². The number of aromatic nitrogens is 2. The predicted molar refractivity (Wildman–Crippen MR) is 83.0 cm³/mol. The quantitative estimate of drug-likeness (QED) is 0.860. The first kappa shape index (κ1) is 15.2. The molecule has 0 aliphatic rings. The Balaban J connectivity index is 1.78. The van der Waals surface area contributed by atoms with Gasteiger partial charge in [0.05, 0.1) is 23.5 Å². The van der Waals surface area contributed by atoms with Crippen LogP contribution in [0.1, 0.15) is 24.8 Å². The first-order valence-electron chi connectivity index (χ1n) is 6.72. The lowest BCUT2D eigenvalue weighted by molar-refractivity contribution is 0.251. The highest BCUT2D eigenvalue weighted by Crippen LogP contribution is 2.16. The molecule has 0 aliphatic carbocycles. The largest absolute Gasteiger partial charge is 0.478 e. The second-order valence-electron chi connectivity index (χ2n) is 4.42. The molecule has 0 aromatic carbocycles. The minimum Gasteiger partial charge on any atom is -0.478 e. The molecular weight excluding hydrogens is 288 g/mol. The van der Waals surface area contributed by atoms with Crippen LogP contribution in [-0.2, 0) is 0 Å². The fourth-order valence-corrected chi connectivity index (χ4v) is 2.37. The number of carbonyl (C=O) groups excluding carboxylic acids is 1. The summed E-state index contributed by atoms with van der Waals surface area (Å²) >= 11 is 1.59. The maximum absolute atomic E-state index is 11.8. The Morgan fingerprint density at radius 2 is 2.29 bits per heavy atom. The summed E-state index contributed by atoms with van der Waals surface area (Å²) in [6.45, 7) is 5.02. The number of urea groups is 1. The second kappa shape index (κ2) is 7.58. The van der Waals surface area contributed by atoms with Gasteiger partial charge in [0, 0.05) is 30.1 Å². The van der Waals surface area contributed by atoms with E-state index in [2.05, 4.69) is 20.6 Å². The molecule has 0 spiro atoms. The summed E-state index contributed by atoms with van der Waals surface area (Å²) in [5, 5.41) is 8.48. The lowest BCUT2D eigenvalue weighted by Gasteiger charge is -2.11. The lowest BCUT2D eigenvalue weighted by atomic mass is 10.2. The maximum Gasteiger partial charge on any atom is 0.319 e. The van der Waals surface area contributed by atoms with Crippen molar-refractivity contribution < 1.29 is 9.53 Å². The third-order valence-electron chi connectivity index (χ3n) is 2.73. The van der Waals surface area contributed by atoms with E-state index in [0.29, 0.717) is 24.7 Å². The van der Waals surface area contributed by atoms with Crippen molar-refractivity contribution in [1.82, 2.24) is 15.3 Å². The van der Waals surface area contributed by atoms with Gasteiger partial charge in [-0.1, -0.05) is 6.92 Å². The Hall–Kier alpha value is -2.15. The molecule has 1 atom stereocenters. The Morgan fingerprint density at radius 1 is 1.43 bits per heavy atom. The number of hydrogen-bond donors (Lipinski definition) is 2. The number of nitrogens with zero attached hydrogens (tertiary/aromatic N) is 2. The van der Waals surface area contributed by atoms with Crippen molar-refractivity contribution in [2.24, 2.45) is 0 Å². The average molecular weight is 306 g/mol. The molecular formula is C14H18N4O2S. The molecule has 2 amide bonds. The van der Waals surface area contributed by atoms with Gasteiger partial charge in [0.15, 0.2) is 0 Å². The van der Waals surface area contributed by atoms with Crippen LogP contribution >= 0.6 is 11.3 Å². The van der Waals surface area contributed by atoms with Crippen LogP contribution < -0.4 is 15.4 Å². The van der Waals surface area contributed by atoms with E-state index >= 15 is 0 Å². The molecule has 0 fully saturated rings. The third kappa shape index (κ3) is 4.71. The summed E-state index contributed by atoms with van der Waals surface area (Å²) in [4.78, 5) is 20.1. The fraction of sp³-hybridized carbons (Fsp3) is 0.357. The Morgan fingerprint density at radius 3 is 2.90 bits per heavy atom. The number of pyridine rings is 1. The van der Waals surface area contributed by atoms with Crippen molar-refractivity contribution >= 4 is 23.1 Å². The van der Waals surface area contributed by atoms with Gasteiger partial charge in [-0.25, -0.2) is 14.8 Å². The molecule has 2 N–H and O–H groups in total. The van der Waals surface area contributed by atoms with Gasteiger partial charge in [-0.2, -0.15) is 0 Å². The molecule has 2 rings (SSSR count). The standard InChI is InChI=1S/C14H18N4O2S/c1-3-20-12-5-4-11(9-16-12)18-14(19)17-8-10(2)13-15-6-7-21-13/h4-7,9-10H,3,8H2,1-2H3,(H2,17,18,19). The van der Waals surface area contributed by atoms with Crippen LogP contribution in [0.15, 0.2) is 29.9 Å². The minimum atomic E-state index is -0.260. The SMILES string of the molecule is CCOc1ccc(NC(=O)NCC(C)c2nccs2)cn1. The van der Waals surface area contributed by atoms with Gasteiger partial charge < -0.3 is 15.4 Å². The molecule has 7 heteroatoms. The molecule has 112 valence electrons. The van der Waals surface area contributed by atoms with Crippen LogP contribution in [0.5, 0.6) is 5.88 Å². The van der Waals surface area contributed by atoms with Gasteiger partial charge in [0.1, 0.15) is 0 Å². The zero-order chi connectivity index (χ0) is 15.1. The molecule has 0 saturated heterocycles. The summed E-state index contributed by atoms with van der Waals surface area (Å²) in [6.07, 6.45) is 3.33. The number of anilines is 1. The molecule has 0 bridgehead atoms. The van der Waals surface area contributed by atoms with Crippen LogP contribution in [0.3, 0.4) is 0 Å². The Bertz CT molecular complexity index is 557. The molecule has 21 heavy (non-hydrogen) atoms. The molecule has 0 saturated carbocycles. The smallest absolute Gasteiger partial charge is 0.319 e. The molecule has 2 aromatic heterocycles. The highest BCUT2D eigenvalue weighted by atomic mass is 32.1. The van der Waals surface area contributed by atoms with Crippen LogP contribution in [0.4, 0.5) is 10.5 Å². The summed E-state index contributed by atoms with van der Waals surface area (Å²) in [5.41, 5.74) is 0.623. The number of nitrogens with one attached hydrogen (secondary N) is 2. The summed E-state index contributed by atoms with van der Waals surface area (Å²) in [6, 6.07) is 3.21. The van der Waals surface area contributed by atoms with Crippen molar-refractivity contribution in [1.29, 1.82) is 0 Å². The number of amides is 2. The topological polar surface area (TPSA) is 76.1 Å². The Kier molecular flexibility index (Phi) is 5.51. The van der Waals surface area contributed by atoms with Gasteiger partial charge in [-0.3, -0.25) is 0 Å². The van der Waals surface area contributed by atoms with E-state index in [0.717, 1.165) is 5.01 Å². The van der Waals surface area contributed by atoms with Gasteiger partial charge in [-0.05, 0) is 13.0 Å². The number of rotatable bonds is 6. The first-order chi connectivity index (χ1) is 10.2. The summed E-state index contributed by atoms with van der Waals surface area (Å²) in [5.74, 6) is 0.732. The second-order valence-corrected chi connectivity index (χ2v) is 5.35. The highest BCUT2D eigenvalue weighted by molar-refractivity contribution is 7.09. The van der Waals surface area contributed by atoms with Crippen molar-refractivity contribution in [2.45, 2.75) is 19.8 Å². The summed E-state index contributed by atoms with van der Waals surface area (Å²) in [7, 11) is 0. The van der Waals surface area contributed by atoms with E-state index in [4.69, 9.17) is 4.74 Å². The van der Waals surface area contributed by atoms with Gasteiger partial charge in [-0.15, -0.1) is 11.3 Å². The third-order valence-corrected chi connectivity index (χ3v) is 3.74. The van der Waals surface area contributed by atoms with Crippen molar-refractivity contribution in [2.75, 3.05) is 18.5 Å². The van der Waals surface area contributed by atoms with Gasteiger partial charge in [0.2, 0.25) is 5.88 Å². The monoisotopic (exact) mass is 306 g/mol. The van der Waals surface area contributed by atoms with Crippen LogP contribution in [-0.4, -0.2) is 29.2 Å². The van der Waals surface area contributed by atoms with E-state index < -0.39 is 0 Å². The van der Waals surface area contributed by atoms with Gasteiger partial charge in [0.25, 0.3) is 0 Å².